The van der Waals surface area contributed by atoms with Crippen LogP contribution in [0.2, 0.25) is 5.02 Å². The Labute approximate surface area is 189 Å². The maximum atomic E-state index is 13.1. The summed E-state index contributed by atoms with van der Waals surface area (Å²) in [6.07, 6.45) is 2.70. The summed E-state index contributed by atoms with van der Waals surface area (Å²) in [6, 6.07) is 6.17. The van der Waals surface area contributed by atoms with Crippen molar-refractivity contribution in [1.29, 1.82) is 0 Å². The van der Waals surface area contributed by atoms with Crippen LogP contribution in [0.3, 0.4) is 0 Å². The molecule has 2 heterocycles. The molecule has 8 nitrogen and oxygen atoms in total. The summed E-state index contributed by atoms with van der Waals surface area (Å²) in [5, 5.41) is 0.596. The van der Waals surface area contributed by atoms with Gasteiger partial charge >= 0.3 is 0 Å². The Hall–Kier alpha value is -1.84. The first kappa shape index (κ1) is 23.8. The molecule has 0 spiro atoms. The monoisotopic (exact) mass is 471 g/mol. The van der Waals surface area contributed by atoms with E-state index in [0.717, 1.165) is 12.8 Å². The number of benzene rings is 1. The molecule has 0 aromatic heterocycles. The third-order valence-corrected chi connectivity index (χ3v) is 8.01. The number of hydrogen-bond donors (Lipinski definition) is 0. The van der Waals surface area contributed by atoms with Crippen molar-refractivity contribution in [2.75, 3.05) is 45.1 Å². The van der Waals surface area contributed by atoms with E-state index in [0.29, 0.717) is 56.3 Å². The van der Waals surface area contributed by atoms with Crippen LogP contribution in [0.5, 0.6) is 5.75 Å². The molecule has 31 heavy (non-hydrogen) atoms. The first-order valence-corrected chi connectivity index (χ1v) is 12.7. The van der Waals surface area contributed by atoms with Crippen molar-refractivity contribution >= 4 is 33.4 Å². The predicted molar refractivity (Wildman–Crippen MR) is 119 cm³/mol. The van der Waals surface area contributed by atoms with Gasteiger partial charge in [0.15, 0.2) is 6.61 Å². The van der Waals surface area contributed by atoms with Gasteiger partial charge in [-0.25, -0.2) is 8.42 Å². The number of nitrogens with zero attached hydrogens (tertiary/aromatic N) is 3. The van der Waals surface area contributed by atoms with Crippen LogP contribution >= 0.6 is 11.6 Å². The fourth-order valence-electron chi connectivity index (χ4n) is 4.01. The second-order valence-corrected chi connectivity index (χ2v) is 10.4. The topological polar surface area (TPSA) is 87.2 Å². The highest BCUT2D eigenvalue weighted by Gasteiger charge is 2.39. The predicted octanol–water partition coefficient (Wildman–Crippen LogP) is 1.98. The lowest BCUT2D eigenvalue weighted by Gasteiger charge is -2.40. The van der Waals surface area contributed by atoms with E-state index in [1.165, 1.54) is 4.31 Å². The largest absolute Gasteiger partial charge is 0.484 e. The van der Waals surface area contributed by atoms with Crippen molar-refractivity contribution in [1.82, 2.24) is 14.1 Å². The first-order chi connectivity index (χ1) is 14.8. The quantitative estimate of drug-likeness (QED) is 0.606. The van der Waals surface area contributed by atoms with E-state index in [2.05, 4.69) is 0 Å². The van der Waals surface area contributed by atoms with E-state index >= 15 is 0 Å². The van der Waals surface area contributed by atoms with Crippen LogP contribution in [-0.2, 0) is 19.6 Å². The zero-order valence-electron chi connectivity index (χ0n) is 17.8. The van der Waals surface area contributed by atoms with Gasteiger partial charge in [-0.3, -0.25) is 9.59 Å². The van der Waals surface area contributed by atoms with Gasteiger partial charge < -0.3 is 14.5 Å². The van der Waals surface area contributed by atoms with Gasteiger partial charge in [-0.15, -0.1) is 0 Å². The number of piperidine rings is 1. The van der Waals surface area contributed by atoms with Gasteiger partial charge in [0.05, 0.1) is 5.75 Å². The highest BCUT2D eigenvalue weighted by Crippen LogP contribution is 2.23. The van der Waals surface area contributed by atoms with Gasteiger partial charge in [-0.05, 0) is 43.5 Å². The number of hydrogen-bond acceptors (Lipinski definition) is 5. The molecule has 1 aromatic rings. The SMILES string of the molecule is CCCS(=O)(=O)N1CCCCC1C(=O)N1CCN(C(=O)COc2ccc(Cl)cc2)CC1. The van der Waals surface area contributed by atoms with Crippen LogP contribution < -0.4 is 4.74 Å². The molecule has 2 amide bonds. The van der Waals surface area contributed by atoms with Gasteiger partial charge in [0.1, 0.15) is 11.8 Å². The van der Waals surface area contributed by atoms with Crippen LogP contribution in [0.1, 0.15) is 32.6 Å². The van der Waals surface area contributed by atoms with E-state index < -0.39 is 16.1 Å². The molecule has 1 atom stereocenters. The van der Waals surface area contributed by atoms with Crippen molar-refractivity contribution in [3.05, 3.63) is 29.3 Å². The molecule has 0 radical (unpaired) electrons. The zero-order valence-corrected chi connectivity index (χ0v) is 19.4. The minimum Gasteiger partial charge on any atom is -0.484 e. The van der Waals surface area contributed by atoms with Crippen LogP contribution in [-0.4, -0.2) is 85.5 Å². The lowest BCUT2D eigenvalue weighted by Crippen LogP contribution is -2.58. The number of rotatable bonds is 7. The van der Waals surface area contributed by atoms with Gasteiger partial charge in [0, 0.05) is 37.7 Å². The molecule has 0 aliphatic carbocycles. The maximum absolute atomic E-state index is 13.1. The van der Waals surface area contributed by atoms with Gasteiger partial charge in [-0.2, -0.15) is 4.31 Å². The summed E-state index contributed by atoms with van der Waals surface area (Å²) in [5.41, 5.74) is 0. The number of halogens is 1. The fourth-order valence-corrected chi connectivity index (χ4v) is 5.88. The van der Waals surface area contributed by atoms with Gasteiger partial charge in [-0.1, -0.05) is 24.9 Å². The highest BCUT2D eigenvalue weighted by atomic mass is 35.5. The summed E-state index contributed by atoms with van der Waals surface area (Å²) >= 11 is 5.84. The second-order valence-electron chi connectivity index (χ2n) is 7.89. The third kappa shape index (κ3) is 6.11. The molecule has 1 unspecified atom stereocenters. The number of ether oxygens (including phenoxy) is 1. The number of carbonyl (C=O) groups excluding carboxylic acids is 2. The van der Waals surface area contributed by atoms with E-state index in [1.807, 2.05) is 6.92 Å². The summed E-state index contributed by atoms with van der Waals surface area (Å²) in [4.78, 5) is 28.9. The molecule has 2 fully saturated rings. The summed E-state index contributed by atoms with van der Waals surface area (Å²) in [6.45, 7) is 3.74. The molecule has 2 saturated heterocycles. The van der Waals surface area contributed by atoms with Gasteiger partial charge in [0.2, 0.25) is 15.9 Å². The molecular formula is C21H30ClN3O5S. The van der Waals surface area contributed by atoms with Crippen molar-refractivity contribution < 1.29 is 22.7 Å². The van der Waals surface area contributed by atoms with Crippen molar-refractivity contribution in [3.63, 3.8) is 0 Å². The number of amides is 2. The summed E-state index contributed by atoms with van der Waals surface area (Å²) in [7, 11) is -3.43. The maximum Gasteiger partial charge on any atom is 0.260 e. The molecule has 3 rings (SSSR count). The standard InChI is InChI=1S/C21H30ClN3O5S/c1-2-15-31(28,29)25-10-4-3-5-19(25)21(27)24-13-11-23(12-14-24)20(26)16-30-18-8-6-17(22)7-9-18/h6-9,19H,2-5,10-16H2,1H3. The van der Waals surface area contributed by atoms with Crippen LogP contribution in [0.15, 0.2) is 24.3 Å². The van der Waals surface area contributed by atoms with Gasteiger partial charge in [0.25, 0.3) is 5.91 Å². The van der Waals surface area contributed by atoms with Crippen molar-refractivity contribution in [2.24, 2.45) is 0 Å². The Balaban J connectivity index is 1.52. The smallest absolute Gasteiger partial charge is 0.260 e. The highest BCUT2D eigenvalue weighted by molar-refractivity contribution is 7.89. The van der Waals surface area contributed by atoms with Crippen LogP contribution in [0, 0.1) is 0 Å². The number of carbonyl (C=O) groups is 2. The molecule has 2 aliphatic heterocycles. The van der Waals surface area contributed by atoms with Crippen LogP contribution in [0.25, 0.3) is 0 Å². The molecule has 172 valence electrons. The van der Waals surface area contributed by atoms with E-state index in [9.17, 15) is 18.0 Å². The molecular weight excluding hydrogens is 442 g/mol. The molecule has 1 aromatic carbocycles. The average molecular weight is 472 g/mol. The first-order valence-electron chi connectivity index (χ1n) is 10.8. The molecule has 2 aliphatic rings. The Kier molecular flexibility index (Phi) is 8.18. The Bertz CT molecular complexity index is 870. The Morgan fingerprint density at radius 1 is 1.03 bits per heavy atom. The van der Waals surface area contributed by atoms with Crippen molar-refractivity contribution in [2.45, 2.75) is 38.6 Å². The Morgan fingerprint density at radius 2 is 1.68 bits per heavy atom. The number of piperazine rings is 1. The van der Waals surface area contributed by atoms with E-state index in [1.54, 1.807) is 34.1 Å². The van der Waals surface area contributed by atoms with E-state index in [-0.39, 0.29) is 24.2 Å². The average Bonchev–Trinajstić information content (AvgIpc) is 2.78. The molecule has 0 bridgehead atoms. The zero-order chi connectivity index (χ0) is 22.4. The van der Waals surface area contributed by atoms with Crippen LogP contribution in [0.4, 0.5) is 0 Å². The fraction of sp³-hybridized carbons (Fsp3) is 0.619. The Morgan fingerprint density at radius 3 is 2.32 bits per heavy atom. The molecule has 10 heteroatoms. The molecule has 0 saturated carbocycles. The second kappa shape index (κ2) is 10.7. The molecule has 0 N–H and O–H groups in total. The third-order valence-electron chi connectivity index (χ3n) is 5.68. The minimum atomic E-state index is -3.43. The summed E-state index contributed by atoms with van der Waals surface area (Å²) < 4.78 is 32.1. The van der Waals surface area contributed by atoms with Crippen molar-refractivity contribution in [3.8, 4) is 5.75 Å². The number of sulfonamides is 1. The van der Waals surface area contributed by atoms with E-state index in [4.69, 9.17) is 16.3 Å². The normalized spacial score (nSPS) is 20.5. The lowest BCUT2D eigenvalue weighted by atomic mass is 10.0. The lowest BCUT2D eigenvalue weighted by molar-refractivity contribution is -0.143. The minimum absolute atomic E-state index is 0.0622. The summed E-state index contributed by atoms with van der Waals surface area (Å²) in [5.74, 6) is 0.333.